The highest BCUT2D eigenvalue weighted by atomic mass is 28.4. The molecule has 4 nitrogen and oxygen atoms in total. The molecule has 17 heavy (non-hydrogen) atoms. The van der Waals surface area contributed by atoms with Gasteiger partial charge in [0.2, 0.25) is 0 Å². The number of hydrogen-bond donors (Lipinski definition) is 0. The van der Waals surface area contributed by atoms with Crippen LogP contribution in [0.4, 0.5) is 0 Å². The van der Waals surface area contributed by atoms with Gasteiger partial charge in [0.05, 0.1) is 19.3 Å². The summed E-state index contributed by atoms with van der Waals surface area (Å²) in [5, 5.41) is 0. The summed E-state index contributed by atoms with van der Waals surface area (Å²) < 4.78 is 20.4. The second-order valence-electron chi connectivity index (χ2n) is 6.98. The van der Waals surface area contributed by atoms with Gasteiger partial charge in [0.15, 0.2) is 0 Å². The van der Waals surface area contributed by atoms with E-state index in [-0.39, 0.29) is 17.1 Å². The van der Waals surface area contributed by atoms with Crippen LogP contribution in [-0.2, 0) is 13.3 Å². The van der Waals surface area contributed by atoms with E-state index in [2.05, 4.69) is 46.1 Å². The smallest absolute Gasteiger partial charge is 0.360 e. The van der Waals surface area contributed by atoms with Gasteiger partial charge in [-0.15, -0.1) is 0 Å². The molecule has 2 heterocycles. The molecule has 2 unspecified atom stereocenters. The van der Waals surface area contributed by atoms with Gasteiger partial charge in [-0.1, -0.05) is 20.8 Å². The van der Waals surface area contributed by atoms with Crippen LogP contribution in [0.25, 0.3) is 0 Å². The Labute approximate surface area is 106 Å². The fraction of sp³-hybridized carbons (Fsp3) is 1.00. The van der Waals surface area contributed by atoms with Gasteiger partial charge in [0.25, 0.3) is 0 Å². The largest absolute Gasteiger partial charge is 0.600 e. The van der Waals surface area contributed by atoms with Gasteiger partial charge in [-0.3, -0.25) is 0 Å². The van der Waals surface area contributed by atoms with Gasteiger partial charge in [-0.25, -0.2) is 4.57 Å². The molecule has 2 aliphatic rings. The van der Waals surface area contributed by atoms with Crippen molar-refractivity contribution in [2.45, 2.75) is 53.2 Å². The summed E-state index contributed by atoms with van der Waals surface area (Å²) in [6.07, 6.45) is 0.136. The summed E-state index contributed by atoms with van der Waals surface area (Å²) in [6.45, 7) is 15.4. The molecule has 5 heteroatoms. The van der Waals surface area contributed by atoms with Crippen molar-refractivity contribution < 1.29 is 13.3 Å². The molecule has 2 aliphatic heterocycles. The van der Waals surface area contributed by atoms with Gasteiger partial charge in [0, 0.05) is 12.1 Å². The van der Waals surface area contributed by atoms with Crippen LogP contribution in [0.1, 0.15) is 41.5 Å². The maximum atomic E-state index is 6.23. The molecular weight excluding hydrogens is 234 g/mol. The highest BCUT2D eigenvalue weighted by Crippen LogP contribution is 2.38. The normalized spacial score (nSPS) is 36.0. The van der Waals surface area contributed by atoms with Crippen LogP contribution in [0.3, 0.4) is 0 Å². The van der Waals surface area contributed by atoms with Crippen LogP contribution < -0.4 is 0 Å². The zero-order valence-corrected chi connectivity index (χ0v) is 12.9. The van der Waals surface area contributed by atoms with E-state index in [0.29, 0.717) is 6.61 Å². The fourth-order valence-electron chi connectivity index (χ4n) is 2.30. The van der Waals surface area contributed by atoms with Gasteiger partial charge in [-0.05, 0) is 26.2 Å². The average Bonchev–Trinajstić information content (AvgIpc) is 2.71. The number of hydrogen-bond acceptors (Lipinski definition) is 4. The SMILES string of the molecule is CC(C)(C)C1CO[Si]2(OCCN2C(C)(C)C)O1. The summed E-state index contributed by atoms with van der Waals surface area (Å²) in [5.74, 6) is 0. The molecule has 0 bridgehead atoms. The third-order valence-electron chi connectivity index (χ3n) is 3.41. The highest BCUT2D eigenvalue weighted by Gasteiger charge is 2.62. The molecule has 100 valence electrons. The zero-order chi connectivity index (χ0) is 12.9. The minimum atomic E-state index is -2.57. The molecule has 2 fully saturated rings. The van der Waals surface area contributed by atoms with Crippen LogP contribution in [-0.4, -0.2) is 44.9 Å². The minimum Gasteiger partial charge on any atom is -0.360 e. The molecular formula is C12H25NO3Si. The first kappa shape index (κ1) is 13.5. The molecule has 0 amide bonds. The molecule has 0 radical (unpaired) electrons. The van der Waals surface area contributed by atoms with E-state index in [1.54, 1.807) is 0 Å². The number of rotatable bonds is 0. The molecule has 2 atom stereocenters. The van der Waals surface area contributed by atoms with Crippen LogP contribution >= 0.6 is 0 Å². The lowest BCUT2D eigenvalue weighted by Gasteiger charge is -2.37. The lowest BCUT2D eigenvalue weighted by molar-refractivity contribution is 0.0581. The first-order valence-electron chi connectivity index (χ1n) is 6.39. The van der Waals surface area contributed by atoms with Crippen molar-refractivity contribution in [1.29, 1.82) is 0 Å². The van der Waals surface area contributed by atoms with Crippen LogP contribution in [0.2, 0.25) is 0 Å². The molecule has 2 rings (SSSR count). The molecule has 0 aromatic heterocycles. The lowest BCUT2D eigenvalue weighted by Crippen LogP contribution is -2.60. The molecule has 1 spiro atoms. The topological polar surface area (TPSA) is 30.9 Å². The Morgan fingerprint density at radius 3 is 2.18 bits per heavy atom. The van der Waals surface area contributed by atoms with Gasteiger partial charge in [0.1, 0.15) is 0 Å². The number of nitrogens with zero attached hydrogens (tertiary/aromatic N) is 1. The monoisotopic (exact) mass is 259 g/mol. The van der Waals surface area contributed by atoms with E-state index >= 15 is 0 Å². The van der Waals surface area contributed by atoms with E-state index in [4.69, 9.17) is 13.3 Å². The van der Waals surface area contributed by atoms with Crippen molar-refractivity contribution in [3.05, 3.63) is 0 Å². The standard InChI is InChI=1S/C12H25NO3Si/c1-11(2,3)10-9-15-17(16-10)13(7-8-14-17)12(4,5)6/h10H,7-9H2,1-6H3. The molecule has 0 saturated carbocycles. The van der Waals surface area contributed by atoms with Gasteiger partial charge in [-0.2, -0.15) is 0 Å². The zero-order valence-electron chi connectivity index (χ0n) is 11.9. The maximum Gasteiger partial charge on any atom is 0.600 e. The Hall–Kier alpha value is 0.0569. The van der Waals surface area contributed by atoms with Crippen LogP contribution in [0, 0.1) is 5.41 Å². The molecule has 0 aromatic carbocycles. The second kappa shape index (κ2) is 4.03. The Bertz CT molecular complexity index is 297. The van der Waals surface area contributed by atoms with Crippen molar-refractivity contribution in [3.8, 4) is 0 Å². The van der Waals surface area contributed by atoms with Crippen LogP contribution in [0.15, 0.2) is 0 Å². The Kier molecular flexibility index (Phi) is 3.20. The predicted molar refractivity (Wildman–Crippen MR) is 68.4 cm³/mol. The van der Waals surface area contributed by atoms with Crippen molar-refractivity contribution in [2.24, 2.45) is 5.41 Å². The van der Waals surface area contributed by atoms with Gasteiger partial charge >= 0.3 is 8.97 Å². The Morgan fingerprint density at radius 1 is 1.06 bits per heavy atom. The molecule has 0 aliphatic carbocycles. The van der Waals surface area contributed by atoms with E-state index < -0.39 is 8.97 Å². The second-order valence-corrected chi connectivity index (χ2v) is 9.38. The maximum absolute atomic E-state index is 6.23. The van der Waals surface area contributed by atoms with E-state index in [0.717, 1.165) is 13.2 Å². The van der Waals surface area contributed by atoms with Crippen LogP contribution in [0.5, 0.6) is 0 Å². The summed E-state index contributed by atoms with van der Waals surface area (Å²) in [6, 6.07) is 0. The molecule has 2 saturated heterocycles. The Balaban J connectivity index is 2.16. The third-order valence-corrected chi connectivity index (χ3v) is 6.65. The molecule has 0 aromatic rings. The minimum absolute atomic E-state index is 0.0372. The van der Waals surface area contributed by atoms with Crippen molar-refractivity contribution in [1.82, 2.24) is 4.57 Å². The highest BCUT2D eigenvalue weighted by molar-refractivity contribution is 6.59. The quantitative estimate of drug-likeness (QED) is 0.623. The first-order chi connectivity index (χ1) is 7.65. The van der Waals surface area contributed by atoms with E-state index in [9.17, 15) is 0 Å². The first-order valence-corrected chi connectivity index (χ1v) is 8.06. The van der Waals surface area contributed by atoms with E-state index in [1.165, 1.54) is 0 Å². The van der Waals surface area contributed by atoms with Gasteiger partial charge < -0.3 is 13.3 Å². The van der Waals surface area contributed by atoms with Crippen molar-refractivity contribution in [3.63, 3.8) is 0 Å². The third kappa shape index (κ3) is 2.44. The van der Waals surface area contributed by atoms with E-state index in [1.807, 2.05) is 0 Å². The van der Waals surface area contributed by atoms with Crippen molar-refractivity contribution >= 4 is 8.97 Å². The Morgan fingerprint density at radius 2 is 1.71 bits per heavy atom. The summed E-state index contributed by atoms with van der Waals surface area (Å²) in [4.78, 5) is 0. The average molecular weight is 259 g/mol. The summed E-state index contributed by atoms with van der Waals surface area (Å²) >= 11 is 0. The summed E-state index contributed by atoms with van der Waals surface area (Å²) in [5.41, 5.74) is 0.140. The lowest BCUT2D eigenvalue weighted by atomic mass is 9.90. The van der Waals surface area contributed by atoms with Crippen molar-refractivity contribution in [2.75, 3.05) is 19.8 Å². The summed E-state index contributed by atoms with van der Waals surface area (Å²) in [7, 11) is -2.57. The molecule has 0 N–H and O–H groups in total. The predicted octanol–water partition coefficient (Wildman–Crippen LogP) is 2.01. The fourth-order valence-corrected chi connectivity index (χ4v) is 5.64.